The molecule has 1 saturated heterocycles. The first kappa shape index (κ1) is 17.4. The Bertz CT molecular complexity index is 540. The molecule has 0 spiro atoms. The highest BCUT2D eigenvalue weighted by atomic mass is 16.5. The lowest BCUT2D eigenvalue weighted by Crippen LogP contribution is -2.52. The normalized spacial score (nSPS) is 27.1. The number of amides is 1. The van der Waals surface area contributed by atoms with Crippen LogP contribution in [-0.2, 0) is 14.9 Å². The Balaban J connectivity index is 1.80. The fourth-order valence-corrected chi connectivity index (χ4v) is 4.35. The quantitative estimate of drug-likeness (QED) is 0.902. The second-order valence-corrected chi connectivity index (χ2v) is 7.22. The minimum absolute atomic E-state index is 0.0879. The average Bonchev–Trinajstić information content (AvgIpc) is 3.05. The number of nitrogens with one attached hydrogen (secondary N) is 1. The summed E-state index contributed by atoms with van der Waals surface area (Å²) in [6.07, 6.45) is 5.47. The largest absolute Gasteiger partial charge is 0.378 e. The third-order valence-corrected chi connectivity index (χ3v) is 5.88. The molecule has 1 aromatic carbocycles. The molecule has 1 amide bonds. The van der Waals surface area contributed by atoms with Crippen LogP contribution in [0.15, 0.2) is 30.3 Å². The number of nitrogens with zero attached hydrogens (tertiary/aromatic N) is 1. The predicted molar refractivity (Wildman–Crippen MR) is 96.0 cm³/mol. The van der Waals surface area contributed by atoms with Crippen LogP contribution >= 0.6 is 0 Å². The number of rotatable bonds is 5. The lowest BCUT2D eigenvalue weighted by atomic mass is 9.68. The molecule has 0 radical (unpaired) electrons. The van der Waals surface area contributed by atoms with Gasteiger partial charge in [0.15, 0.2) is 0 Å². The van der Waals surface area contributed by atoms with Crippen LogP contribution in [0, 0.1) is 0 Å². The van der Waals surface area contributed by atoms with Crippen LogP contribution in [-0.4, -0.2) is 49.7 Å². The van der Waals surface area contributed by atoms with E-state index in [1.165, 1.54) is 12.0 Å². The number of carbonyl (C=O) groups is 1. The Morgan fingerprint density at radius 2 is 1.92 bits per heavy atom. The third kappa shape index (κ3) is 3.35. The lowest BCUT2D eigenvalue weighted by molar-refractivity contribution is -0.129. The molecule has 4 nitrogen and oxygen atoms in total. The number of methoxy groups -OCH3 is 1. The second kappa shape index (κ2) is 7.66. The minimum atomic E-state index is -0.364. The molecule has 24 heavy (non-hydrogen) atoms. The molecule has 0 bridgehead atoms. The van der Waals surface area contributed by atoms with E-state index in [9.17, 15) is 4.79 Å². The summed E-state index contributed by atoms with van der Waals surface area (Å²) in [5.74, 6) is 0.193. The Hall–Kier alpha value is -1.39. The monoisotopic (exact) mass is 330 g/mol. The van der Waals surface area contributed by atoms with Crippen LogP contribution in [0.4, 0.5) is 0 Å². The molecule has 1 aromatic rings. The van der Waals surface area contributed by atoms with Gasteiger partial charge in [-0.25, -0.2) is 0 Å². The SMILES string of the molecule is CCN1C[C@@H](NC(=O)C2(c3ccccc3)CCCCC2)[C@H](OC)C1. The maximum Gasteiger partial charge on any atom is 0.231 e. The minimum Gasteiger partial charge on any atom is -0.378 e. The van der Waals surface area contributed by atoms with Crippen LogP contribution in [0.25, 0.3) is 0 Å². The van der Waals surface area contributed by atoms with E-state index in [1.54, 1.807) is 7.11 Å². The molecule has 1 aliphatic heterocycles. The van der Waals surface area contributed by atoms with Crippen molar-refractivity contribution in [2.24, 2.45) is 0 Å². The summed E-state index contributed by atoms with van der Waals surface area (Å²) >= 11 is 0. The number of hydrogen-bond acceptors (Lipinski definition) is 3. The maximum absolute atomic E-state index is 13.3. The van der Waals surface area contributed by atoms with Gasteiger partial charge in [-0.2, -0.15) is 0 Å². The van der Waals surface area contributed by atoms with E-state index < -0.39 is 0 Å². The summed E-state index contributed by atoms with van der Waals surface area (Å²) in [5.41, 5.74) is 0.804. The van der Waals surface area contributed by atoms with Gasteiger partial charge >= 0.3 is 0 Å². The van der Waals surface area contributed by atoms with Gasteiger partial charge in [-0.3, -0.25) is 9.69 Å². The van der Waals surface area contributed by atoms with Gasteiger partial charge in [0, 0.05) is 20.2 Å². The summed E-state index contributed by atoms with van der Waals surface area (Å²) in [7, 11) is 1.75. The first-order chi connectivity index (χ1) is 11.7. The number of benzene rings is 1. The van der Waals surface area contributed by atoms with Crippen LogP contribution in [0.3, 0.4) is 0 Å². The van der Waals surface area contributed by atoms with E-state index in [4.69, 9.17) is 4.74 Å². The number of likely N-dealkylation sites (N-methyl/N-ethyl adjacent to an activating group) is 1. The van der Waals surface area contributed by atoms with Gasteiger partial charge in [-0.1, -0.05) is 56.5 Å². The molecule has 1 saturated carbocycles. The van der Waals surface area contributed by atoms with Crippen LogP contribution in [0.1, 0.15) is 44.6 Å². The fraction of sp³-hybridized carbons (Fsp3) is 0.650. The molecule has 3 rings (SSSR count). The molecule has 1 aliphatic carbocycles. The number of likely N-dealkylation sites (tertiary alicyclic amines) is 1. The summed E-state index contributed by atoms with van der Waals surface area (Å²) in [4.78, 5) is 15.7. The van der Waals surface area contributed by atoms with E-state index in [1.807, 2.05) is 18.2 Å². The van der Waals surface area contributed by atoms with Gasteiger partial charge in [0.2, 0.25) is 5.91 Å². The van der Waals surface area contributed by atoms with Crippen molar-refractivity contribution >= 4 is 5.91 Å². The Morgan fingerprint density at radius 3 is 2.54 bits per heavy atom. The first-order valence-corrected chi connectivity index (χ1v) is 9.31. The van der Waals surface area contributed by atoms with Crippen molar-refractivity contribution in [2.75, 3.05) is 26.7 Å². The average molecular weight is 330 g/mol. The van der Waals surface area contributed by atoms with Crippen molar-refractivity contribution in [3.05, 3.63) is 35.9 Å². The smallest absolute Gasteiger partial charge is 0.231 e. The predicted octanol–water partition coefficient (Wildman–Crippen LogP) is 2.72. The van der Waals surface area contributed by atoms with E-state index in [2.05, 4.69) is 29.3 Å². The van der Waals surface area contributed by atoms with E-state index >= 15 is 0 Å². The molecule has 0 aromatic heterocycles. The molecule has 2 aliphatic rings. The van der Waals surface area contributed by atoms with Crippen LogP contribution in [0.5, 0.6) is 0 Å². The van der Waals surface area contributed by atoms with Gasteiger partial charge < -0.3 is 10.1 Å². The van der Waals surface area contributed by atoms with E-state index in [-0.39, 0.29) is 23.5 Å². The van der Waals surface area contributed by atoms with Crippen LogP contribution < -0.4 is 5.32 Å². The molecule has 2 fully saturated rings. The summed E-state index contributed by atoms with van der Waals surface area (Å²) in [5, 5.41) is 3.35. The van der Waals surface area contributed by atoms with Crippen LogP contribution in [0.2, 0.25) is 0 Å². The third-order valence-electron chi connectivity index (χ3n) is 5.88. The fourth-order valence-electron chi connectivity index (χ4n) is 4.35. The summed E-state index contributed by atoms with van der Waals surface area (Å²) < 4.78 is 5.63. The van der Waals surface area contributed by atoms with Crippen molar-refractivity contribution in [1.29, 1.82) is 0 Å². The molecular weight excluding hydrogens is 300 g/mol. The molecular formula is C20H30N2O2. The zero-order chi connectivity index (χ0) is 17.0. The molecule has 1 N–H and O–H groups in total. The van der Waals surface area contributed by atoms with Crippen molar-refractivity contribution in [3.8, 4) is 0 Å². The van der Waals surface area contributed by atoms with Gasteiger partial charge in [0.25, 0.3) is 0 Å². The topological polar surface area (TPSA) is 41.6 Å². The van der Waals surface area contributed by atoms with Gasteiger partial charge in [0.05, 0.1) is 17.6 Å². The maximum atomic E-state index is 13.3. The standard InChI is InChI=1S/C20H30N2O2/c1-3-22-14-17(18(15-22)24-2)21-19(23)20(12-8-5-9-13-20)16-10-6-4-7-11-16/h4,6-7,10-11,17-18H,3,5,8-9,12-15H2,1-2H3,(H,21,23)/t17-,18-/m1/s1. The summed E-state index contributed by atoms with van der Waals surface area (Å²) in [6, 6.07) is 10.4. The molecule has 4 heteroatoms. The number of hydrogen-bond donors (Lipinski definition) is 1. The Labute approximate surface area is 145 Å². The van der Waals surface area contributed by atoms with Gasteiger partial charge in [-0.15, -0.1) is 0 Å². The van der Waals surface area contributed by atoms with E-state index in [0.717, 1.165) is 45.3 Å². The van der Waals surface area contributed by atoms with Crippen molar-refractivity contribution in [2.45, 2.75) is 56.6 Å². The highest BCUT2D eigenvalue weighted by molar-refractivity contribution is 5.88. The number of carbonyl (C=O) groups excluding carboxylic acids is 1. The Morgan fingerprint density at radius 1 is 1.21 bits per heavy atom. The molecule has 2 atom stereocenters. The lowest BCUT2D eigenvalue weighted by Gasteiger charge is -2.37. The van der Waals surface area contributed by atoms with Crippen molar-refractivity contribution in [3.63, 3.8) is 0 Å². The highest BCUT2D eigenvalue weighted by Crippen LogP contribution is 2.40. The van der Waals surface area contributed by atoms with Gasteiger partial charge in [0.1, 0.15) is 0 Å². The highest BCUT2D eigenvalue weighted by Gasteiger charge is 2.43. The zero-order valence-electron chi connectivity index (χ0n) is 15.0. The number of ether oxygens (including phenoxy) is 1. The second-order valence-electron chi connectivity index (χ2n) is 7.22. The molecule has 0 unspecified atom stereocenters. The Kier molecular flexibility index (Phi) is 5.57. The van der Waals surface area contributed by atoms with E-state index in [0.29, 0.717) is 0 Å². The van der Waals surface area contributed by atoms with Gasteiger partial charge in [-0.05, 0) is 24.9 Å². The molecule has 132 valence electrons. The molecule has 1 heterocycles. The van der Waals surface area contributed by atoms with Crippen molar-refractivity contribution < 1.29 is 9.53 Å². The zero-order valence-corrected chi connectivity index (χ0v) is 15.0. The first-order valence-electron chi connectivity index (χ1n) is 9.31. The summed E-state index contributed by atoms with van der Waals surface area (Å²) in [6.45, 7) is 4.93. The van der Waals surface area contributed by atoms with Crippen molar-refractivity contribution in [1.82, 2.24) is 10.2 Å².